The van der Waals surface area contributed by atoms with E-state index in [2.05, 4.69) is 61.6 Å². The zero-order valence-corrected chi connectivity index (χ0v) is 11.9. The van der Waals surface area contributed by atoms with Gasteiger partial charge in [-0.2, -0.15) is 0 Å². The summed E-state index contributed by atoms with van der Waals surface area (Å²) in [5.74, 6) is 1.00. The topological polar surface area (TPSA) is 25.2 Å². The van der Waals surface area contributed by atoms with Crippen LogP contribution < -0.4 is 5.32 Å². The Morgan fingerprint density at radius 2 is 1.85 bits per heavy atom. The molecule has 1 unspecified atom stereocenters. The predicted molar refractivity (Wildman–Crippen MR) is 82.9 cm³/mol. The lowest BCUT2D eigenvalue weighted by molar-refractivity contribution is 0.450. The standard InChI is InChI=1S/C18H19NO/c1-3-19-17(18-13(2)11-12-20-18)16-10-6-8-14-7-4-5-9-15(14)16/h4-12,17,19H,3H2,1-2H3. The third kappa shape index (κ3) is 2.23. The molecule has 3 aromatic rings. The SMILES string of the molecule is CCNC(c1occc1C)c1cccc2ccccc12. The molecule has 0 aliphatic carbocycles. The fraction of sp³-hybridized carbons (Fsp3) is 0.222. The second-order valence-corrected chi connectivity index (χ2v) is 5.03. The van der Waals surface area contributed by atoms with Crippen molar-refractivity contribution in [1.82, 2.24) is 5.32 Å². The van der Waals surface area contributed by atoms with Gasteiger partial charge in [0.25, 0.3) is 0 Å². The van der Waals surface area contributed by atoms with Gasteiger partial charge in [0.1, 0.15) is 5.76 Å². The van der Waals surface area contributed by atoms with Crippen molar-refractivity contribution in [1.29, 1.82) is 0 Å². The fourth-order valence-electron chi connectivity index (χ4n) is 2.73. The largest absolute Gasteiger partial charge is 0.467 e. The van der Waals surface area contributed by atoms with Crippen molar-refractivity contribution in [2.24, 2.45) is 0 Å². The monoisotopic (exact) mass is 265 g/mol. The molecule has 0 saturated carbocycles. The highest BCUT2D eigenvalue weighted by Crippen LogP contribution is 2.30. The Labute approximate surface area is 119 Å². The molecule has 0 saturated heterocycles. The van der Waals surface area contributed by atoms with E-state index in [1.807, 2.05) is 6.07 Å². The third-order valence-electron chi connectivity index (χ3n) is 3.71. The first-order valence-corrected chi connectivity index (χ1v) is 7.06. The highest BCUT2D eigenvalue weighted by Gasteiger charge is 2.20. The molecule has 1 aromatic heterocycles. The van der Waals surface area contributed by atoms with Crippen LogP contribution in [0.25, 0.3) is 10.8 Å². The Bertz CT molecular complexity index is 709. The molecule has 0 amide bonds. The first-order chi connectivity index (χ1) is 9.81. The van der Waals surface area contributed by atoms with Crippen LogP contribution in [-0.2, 0) is 0 Å². The highest BCUT2D eigenvalue weighted by atomic mass is 16.3. The van der Waals surface area contributed by atoms with E-state index >= 15 is 0 Å². The van der Waals surface area contributed by atoms with Gasteiger partial charge in [0.15, 0.2) is 0 Å². The van der Waals surface area contributed by atoms with Crippen molar-refractivity contribution >= 4 is 10.8 Å². The van der Waals surface area contributed by atoms with Crippen LogP contribution in [-0.4, -0.2) is 6.54 Å². The van der Waals surface area contributed by atoms with E-state index in [1.54, 1.807) is 6.26 Å². The van der Waals surface area contributed by atoms with E-state index in [-0.39, 0.29) is 6.04 Å². The second kappa shape index (κ2) is 5.51. The molecule has 0 aliphatic heterocycles. The van der Waals surface area contributed by atoms with Crippen LogP contribution in [0.5, 0.6) is 0 Å². The van der Waals surface area contributed by atoms with Gasteiger partial charge >= 0.3 is 0 Å². The summed E-state index contributed by atoms with van der Waals surface area (Å²) >= 11 is 0. The van der Waals surface area contributed by atoms with Gasteiger partial charge in [-0.1, -0.05) is 49.4 Å². The first kappa shape index (κ1) is 12.9. The van der Waals surface area contributed by atoms with Crippen LogP contribution in [0, 0.1) is 6.92 Å². The van der Waals surface area contributed by atoms with E-state index in [1.165, 1.54) is 21.9 Å². The molecule has 2 heteroatoms. The minimum Gasteiger partial charge on any atom is -0.467 e. The lowest BCUT2D eigenvalue weighted by atomic mass is 9.96. The van der Waals surface area contributed by atoms with Crippen molar-refractivity contribution in [3.63, 3.8) is 0 Å². The molecule has 1 atom stereocenters. The van der Waals surface area contributed by atoms with Crippen LogP contribution in [0.3, 0.4) is 0 Å². The van der Waals surface area contributed by atoms with E-state index in [4.69, 9.17) is 4.42 Å². The molecule has 20 heavy (non-hydrogen) atoms. The van der Waals surface area contributed by atoms with Crippen LogP contribution >= 0.6 is 0 Å². The van der Waals surface area contributed by atoms with E-state index < -0.39 is 0 Å². The van der Waals surface area contributed by atoms with E-state index in [0.717, 1.165) is 12.3 Å². The molecule has 0 bridgehead atoms. The number of hydrogen-bond acceptors (Lipinski definition) is 2. The summed E-state index contributed by atoms with van der Waals surface area (Å²) in [5.41, 5.74) is 2.45. The minimum absolute atomic E-state index is 0.0982. The average molecular weight is 265 g/mol. The van der Waals surface area contributed by atoms with Crippen molar-refractivity contribution in [2.45, 2.75) is 19.9 Å². The molecule has 0 spiro atoms. The van der Waals surface area contributed by atoms with Gasteiger partial charge in [0.05, 0.1) is 12.3 Å². The average Bonchev–Trinajstić information content (AvgIpc) is 2.90. The molecular weight excluding hydrogens is 246 g/mol. The molecule has 0 fully saturated rings. The molecule has 1 N–H and O–H groups in total. The zero-order chi connectivity index (χ0) is 13.9. The Morgan fingerprint density at radius 1 is 1.05 bits per heavy atom. The molecular formula is C18H19NO. The van der Waals surface area contributed by atoms with E-state index in [9.17, 15) is 0 Å². The summed E-state index contributed by atoms with van der Waals surface area (Å²) in [6, 6.07) is 17.0. The van der Waals surface area contributed by atoms with Gasteiger partial charge in [0, 0.05) is 0 Å². The number of hydrogen-bond donors (Lipinski definition) is 1. The molecule has 2 aromatic carbocycles. The number of fused-ring (bicyclic) bond motifs is 1. The van der Waals surface area contributed by atoms with Gasteiger partial charge in [-0.15, -0.1) is 0 Å². The zero-order valence-electron chi connectivity index (χ0n) is 11.9. The highest BCUT2D eigenvalue weighted by molar-refractivity contribution is 5.86. The van der Waals surface area contributed by atoms with Crippen molar-refractivity contribution < 1.29 is 4.42 Å². The van der Waals surface area contributed by atoms with Crippen molar-refractivity contribution in [2.75, 3.05) is 6.54 Å². The number of aryl methyl sites for hydroxylation is 1. The molecule has 102 valence electrons. The summed E-state index contributed by atoms with van der Waals surface area (Å²) < 4.78 is 5.72. The third-order valence-corrected chi connectivity index (χ3v) is 3.71. The number of rotatable bonds is 4. The summed E-state index contributed by atoms with van der Waals surface area (Å²) in [6.07, 6.45) is 1.76. The minimum atomic E-state index is 0.0982. The lowest BCUT2D eigenvalue weighted by Gasteiger charge is -2.19. The van der Waals surface area contributed by atoms with Gasteiger partial charge in [0.2, 0.25) is 0 Å². The molecule has 3 rings (SSSR count). The van der Waals surface area contributed by atoms with Gasteiger partial charge in [-0.3, -0.25) is 0 Å². The number of furan rings is 1. The van der Waals surface area contributed by atoms with Crippen LogP contribution in [0.15, 0.2) is 59.2 Å². The number of benzene rings is 2. The lowest BCUT2D eigenvalue weighted by Crippen LogP contribution is -2.22. The smallest absolute Gasteiger partial charge is 0.128 e. The maximum Gasteiger partial charge on any atom is 0.128 e. The van der Waals surface area contributed by atoms with Crippen LogP contribution in [0.2, 0.25) is 0 Å². The first-order valence-electron chi connectivity index (χ1n) is 7.06. The summed E-state index contributed by atoms with van der Waals surface area (Å²) in [7, 11) is 0. The molecule has 1 heterocycles. The quantitative estimate of drug-likeness (QED) is 0.754. The Balaban J connectivity index is 2.17. The van der Waals surface area contributed by atoms with Gasteiger partial charge in [-0.05, 0) is 41.4 Å². The van der Waals surface area contributed by atoms with Crippen LogP contribution in [0.4, 0.5) is 0 Å². The molecule has 0 radical (unpaired) electrons. The number of nitrogens with one attached hydrogen (secondary N) is 1. The Hall–Kier alpha value is -2.06. The van der Waals surface area contributed by atoms with Crippen molar-refractivity contribution in [3.8, 4) is 0 Å². The molecule has 0 aliphatic rings. The maximum absolute atomic E-state index is 5.72. The molecule has 2 nitrogen and oxygen atoms in total. The normalized spacial score (nSPS) is 12.7. The Morgan fingerprint density at radius 3 is 2.60 bits per heavy atom. The van der Waals surface area contributed by atoms with E-state index in [0.29, 0.717) is 0 Å². The fourth-order valence-corrected chi connectivity index (χ4v) is 2.73. The summed E-state index contributed by atoms with van der Waals surface area (Å²) in [4.78, 5) is 0. The van der Waals surface area contributed by atoms with Crippen LogP contribution in [0.1, 0.15) is 29.9 Å². The van der Waals surface area contributed by atoms with Gasteiger partial charge in [-0.25, -0.2) is 0 Å². The maximum atomic E-state index is 5.72. The summed E-state index contributed by atoms with van der Waals surface area (Å²) in [5, 5.41) is 6.08. The predicted octanol–water partition coefficient (Wildman–Crippen LogP) is 4.44. The van der Waals surface area contributed by atoms with Crippen molar-refractivity contribution in [3.05, 3.63) is 71.7 Å². The summed E-state index contributed by atoms with van der Waals surface area (Å²) in [6.45, 7) is 5.11. The second-order valence-electron chi connectivity index (χ2n) is 5.03. The van der Waals surface area contributed by atoms with Gasteiger partial charge < -0.3 is 9.73 Å². The Kier molecular flexibility index (Phi) is 3.57.